The molecule has 0 heterocycles. The summed E-state index contributed by atoms with van der Waals surface area (Å²) >= 11 is 0. The predicted octanol–water partition coefficient (Wildman–Crippen LogP) is 23.1. The van der Waals surface area contributed by atoms with Gasteiger partial charge in [0.25, 0.3) is 7.82 Å². The van der Waals surface area contributed by atoms with Crippen LogP contribution in [0.1, 0.15) is 354 Å². The van der Waals surface area contributed by atoms with E-state index in [1.165, 1.54) is 257 Å². The minimum atomic E-state index is -4.64. The van der Waals surface area contributed by atoms with Gasteiger partial charge in [-0.15, -0.1) is 0 Å². The van der Waals surface area contributed by atoms with Gasteiger partial charge in [0.2, 0.25) is 0 Å². The second-order valence-corrected chi connectivity index (χ2v) is 27.3. The molecule has 0 aromatic heterocycles. The van der Waals surface area contributed by atoms with Crippen molar-refractivity contribution in [2.75, 3.05) is 47.5 Å². The molecule has 0 aliphatic heterocycles. The zero-order valence-corrected chi connectivity index (χ0v) is 57.7. The summed E-state index contributed by atoms with van der Waals surface area (Å²) in [6, 6.07) is 0. The van der Waals surface area contributed by atoms with Gasteiger partial charge >= 0.3 is 11.9 Å². The lowest BCUT2D eigenvalue weighted by atomic mass is 10.0. The Balaban J connectivity index is 3.95. The van der Waals surface area contributed by atoms with Crippen LogP contribution >= 0.6 is 7.82 Å². The second kappa shape index (κ2) is 66.1. The van der Waals surface area contributed by atoms with Crippen molar-refractivity contribution in [3.05, 3.63) is 60.8 Å². The maximum Gasteiger partial charge on any atom is 0.306 e. The number of hydrogen-bond acceptors (Lipinski definition) is 8. The lowest BCUT2D eigenvalue weighted by Gasteiger charge is -2.28. The molecule has 0 aliphatic carbocycles. The van der Waals surface area contributed by atoms with Gasteiger partial charge in [0, 0.05) is 12.8 Å². The number of unbranched alkanes of at least 4 members (excludes halogenated alkanes) is 44. The van der Waals surface area contributed by atoms with Crippen LogP contribution in [-0.4, -0.2) is 70.0 Å². The lowest BCUT2D eigenvalue weighted by Crippen LogP contribution is -2.37. The molecule has 85 heavy (non-hydrogen) atoms. The first-order chi connectivity index (χ1) is 41.5. The van der Waals surface area contributed by atoms with Crippen LogP contribution < -0.4 is 4.89 Å². The highest BCUT2D eigenvalue weighted by Crippen LogP contribution is 2.38. The molecular weight excluding hydrogens is 1070 g/mol. The highest BCUT2D eigenvalue weighted by atomic mass is 31.2. The van der Waals surface area contributed by atoms with Crippen LogP contribution in [0, 0.1) is 0 Å². The average Bonchev–Trinajstić information content (AvgIpc) is 3.50. The van der Waals surface area contributed by atoms with Crippen molar-refractivity contribution in [2.45, 2.75) is 360 Å². The summed E-state index contributed by atoms with van der Waals surface area (Å²) in [5, 5.41) is 0. The summed E-state index contributed by atoms with van der Waals surface area (Å²) < 4.78 is 34.4. The number of nitrogens with zero attached hydrogens (tertiary/aromatic N) is 1. The summed E-state index contributed by atoms with van der Waals surface area (Å²) in [5.41, 5.74) is 0. The maximum absolute atomic E-state index is 12.9. The van der Waals surface area contributed by atoms with Gasteiger partial charge < -0.3 is 27.9 Å². The third-order valence-electron chi connectivity index (χ3n) is 16.3. The van der Waals surface area contributed by atoms with Crippen molar-refractivity contribution in [3.63, 3.8) is 0 Å². The number of ether oxygens (including phenoxy) is 2. The van der Waals surface area contributed by atoms with E-state index < -0.39 is 26.5 Å². The van der Waals surface area contributed by atoms with Crippen molar-refractivity contribution >= 4 is 19.8 Å². The standard InChI is InChI=1S/C75H140NO8P/c1-6-8-10-12-14-16-18-20-22-24-26-28-30-32-33-34-35-36-37-38-39-40-41-42-43-44-46-48-50-52-54-56-58-60-62-64-66-68-75(78)84-73(72-83-85(79,80)82-70-69-76(3,4)5)71-81-74(77)67-65-63-61-59-57-55-53-51-49-47-45-31-29-27-25-23-21-19-17-15-13-11-9-7-2/h8,10,14,16,20,22,26,28,32-33,73H,6-7,9,11-13,15,17-19,21,23-25,27,29-31,34-72H2,1-5H3/b10-8-,16-14-,22-20-,28-26-,33-32-. The molecule has 0 N–H and O–H groups in total. The van der Waals surface area contributed by atoms with Crippen LogP contribution in [-0.2, 0) is 32.7 Å². The SMILES string of the molecule is CC/C=C\C/C=C\C/C=C\C/C=C\C/C=C\CCCCCCCCCCCCCCCCCCCCCCCC(=O)OC(COC(=O)CCCCCCCCCCCCCCCCCCCCCCCCCC)COP(=O)([O-])OCC[N+](C)(C)C. The Kier molecular flexibility index (Phi) is 64.4. The number of carbonyl (C=O) groups excluding carboxylic acids is 2. The third-order valence-corrected chi connectivity index (χ3v) is 17.3. The van der Waals surface area contributed by atoms with E-state index in [0.717, 1.165) is 64.2 Å². The largest absolute Gasteiger partial charge is 0.756 e. The van der Waals surface area contributed by atoms with Gasteiger partial charge in [-0.25, -0.2) is 0 Å². The third kappa shape index (κ3) is 70.7. The van der Waals surface area contributed by atoms with Gasteiger partial charge in [0.1, 0.15) is 19.8 Å². The van der Waals surface area contributed by atoms with E-state index in [2.05, 4.69) is 74.6 Å². The van der Waals surface area contributed by atoms with Crippen LogP contribution in [0.2, 0.25) is 0 Å². The Bertz CT molecular complexity index is 1620. The quantitative estimate of drug-likeness (QED) is 0.0195. The predicted molar refractivity (Wildman–Crippen MR) is 365 cm³/mol. The molecule has 0 aromatic carbocycles. The van der Waals surface area contributed by atoms with E-state index in [0.29, 0.717) is 17.4 Å². The van der Waals surface area contributed by atoms with Crippen molar-refractivity contribution in [1.82, 2.24) is 0 Å². The number of phosphoric acid groups is 1. The fraction of sp³-hybridized carbons (Fsp3) is 0.840. The van der Waals surface area contributed by atoms with Crippen molar-refractivity contribution in [3.8, 4) is 0 Å². The van der Waals surface area contributed by atoms with Crippen LogP contribution in [0.5, 0.6) is 0 Å². The van der Waals surface area contributed by atoms with Gasteiger partial charge in [0.15, 0.2) is 6.10 Å². The normalized spacial score (nSPS) is 13.4. The summed E-state index contributed by atoms with van der Waals surface area (Å²) in [5.74, 6) is -0.811. The van der Waals surface area contributed by atoms with E-state index in [4.69, 9.17) is 18.5 Å². The van der Waals surface area contributed by atoms with Gasteiger partial charge in [-0.3, -0.25) is 14.2 Å². The van der Waals surface area contributed by atoms with Crippen LogP contribution in [0.4, 0.5) is 0 Å². The highest BCUT2D eigenvalue weighted by molar-refractivity contribution is 7.45. The highest BCUT2D eigenvalue weighted by Gasteiger charge is 2.22. The molecule has 0 saturated carbocycles. The van der Waals surface area contributed by atoms with E-state index in [1.807, 2.05) is 21.1 Å². The van der Waals surface area contributed by atoms with E-state index >= 15 is 0 Å². The fourth-order valence-corrected chi connectivity index (χ4v) is 11.5. The van der Waals surface area contributed by atoms with E-state index in [-0.39, 0.29) is 32.0 Å². The molecule has 0 bridgehead atoms. The minimum Gasteiger partial charge on any atom is -0.756 e. The molecule has 0 rings (SSSR count). The maximum atomic E-state index is 12.9. The molecule has 0 radical (unpaired) electrons. The van der Waals surface area contributed by atoms with Crippen molar-refractivity contribution in [2.24, 2.45) is 0 Å². The lowest BCUT2D eigenvalue weighted by molar-refractivity contribution is -0.870. The van der Waals surface area contributed by atoms with Crippen LogP contribution in [0.3, 0.4) is 0 Å². The first-order valence-electron chi connectivity index (χ1n) is 36.5. The molecule has 2 atom stereocenters. The molecule has 498 valence electrons. The molecule has 0 spiro atoms. The molecule has 2 unspecified atom stereocenters. The molecule has 0 aliphatic rings. The summed E-state index contributed by atoms with van der Waals surface area (Å²) in [6.07, 6.45) is 87.5. The first kappa shape index (κ1) is 82.7. The van der Waals surface area contributed by atoms with Crippen LogP contribution in [0.25, 0.3) is 0 Å². The molecule has 0 amide bonds. The molecule has 0 fully saturated rings. The number of allylic oxidation sites excluding steroid dienone is 10. The smallest absolute Gasteiger partial charge is 0.306 e. The average molecular weight is 1210 g/mol. The second-order valence-electron chi connectivity index (χ2n) is 25.9. The number of esters is 2. The number of likely N-dealkylation sites (N-methyl/N-ethyl adjacent to an activating group) is 1. The number of rotatable bonds is 68. The van der Waals surface area contributed by atoms with Gasteiger partial charge in [-0.05, 0) is 57.8 Å². The van der Waals surface area contributed by atoms with Crippen molar-refractivity contribution in [1.29, 1.82) is 0 Å². The minimum absolute atomic E-state index is 0.0282. The molecular formula is C75H140NO8P. The zero-order valence-electron chi connectivity index (χ0n) is 56.8. The Labute approximate surface area is 527 Å². The monoisotopic (exact) mass is 1210 g/mol. The van der Waals surface area contributed by atoms with Gasteiger partial charge in [-0.2, -0.15) is 0 Å². The Morgan fingerprint density at radius 2 is 0.671 bits per heavy atom. The fourth-order valence-electron chi connectivity index (χ4n) is 10.7. The Morgan fingerprint density at radius 1 is 0.376 bits per heavy atom. The summed E-state index contributed by atoms with van der Waals surface area (Å²) in [7, 11) is 1.19. The van der Waals surface area contributed by atoms with E-state index in [9.17, 15) is 19.0 Å². The number of hydrogen-bond donors (Lipinski definition) is 0. The summed E-state index contributed by atoms with van der Waals surface area (Å²) in [4.78, 5) is 38.1. The summed E-state index contributed by atoms with van der Waals surface area (Å²) in [6.45, 7) is 4.19. The molecule has 9 nitrogen and oxygen atoms in total. The number of quaternary nitrogens is 1. The Hall–Kier alpha value is -2.29. The molecule has 10 heteroatoms. The topological polar surface area (TPSA) is 111 Å². The van der Waals surface area contributed by atoms with Crippen LogP contribution in [0.15, 0.2) is 60.8 Å². The van der Waals surface area contributed by atoms with Gasteiger partial charge in [-0.1, -0.05) is 344 Å². The molecule has 0 aromatic rings. The number of carbonyl (C=O) groups is 2. The zero-order chi connectivity index (χ0) is 61.9. The number of phosphoric ester groups is 1. The Morgan fingerprint density at radius 3 is 1.00 bits per heavy atom. The first-order valence-corrected chi connectivity index (χ1v) is 38.0. The van der Waals surface area contributed by atoms with Gasteiger partial charge in [0.05, 0.1) is 27.7 Å². The van der Waals surface area contributed by atoms with Crippen molar-refractivity contribution < 1.29 is 42.1 Å². The molecule has 0 saturated heterocycles. The van der Waals surface area contributed by atoms with E-state index in [1.54, 1.807) is 0 Å².